The molecule has 3 rings (SSSR count). The van der Waals surface area contributed by atoms with E-state index < -0.39 is 6.43 Å². The maximum absolute atomic E-state index is 12.7. The Morgan fingerprint density at radius 3 is 2.33 bits per heavy atom. The van der Waals surface area contributed by atoms with E-state index in [1.165, 1.54) is 0 Å². The zero-order valence-electron chi connectivity index (χ0n) is 16.3. The van der Waals surface area contributed by atoms with Crippen LogP contribution >= 0.6 is 0 Å². The standard InChI is InChI=1S/C19H26F2N6/c1-12-9-18(25-22-11-12)26(4)15-5-7-27(8-6-15)19-23-13(2)16(10-17(20)21)14(3)24-19/h9,11,15,17H,5-8,10H2,1-4H3. The summed E-state index contributed by atoms with van der Waals surface area (Å²) in [6.07, 6.45) is 0.980. The van der Waals surface area contributed by atoms with Crippen LogP contribution in [0.1, 0.15) is 35.4 Å². The fraction of sp³-hybridized carbons (Fsp3) is 0.579. The number of aromatic nitrogens is 4. The lowest BCUT2D eigenvalue weighted by Gasteiger charge is -2.37. The van der Waals surface area contributed by atoms with Crippen LogP contribution in [0.25, 0.3) is 0 Å². The highest BCUT2D eigenvalue weighted by atomic mass is 19.3. The van der Waals surface area contributed by atoms with Gasteiger partial charge in [0.2, 0.25) is 12.4 Å². The van der Waals surface area contributed by atoms with Crippen LogP contribution < -0.4 is 9.80 Å². The first-order valence-electron chi connectivity index (χ1n) is 9.24. The minimum absolute atomic E-state index is 0.289. The van der Waals surface area contributed by atoms with Gasteiger partial charge >= 0.3 is 0 Å². The summed E-state index contributed by atoms with van der Waals surface area (Å²) in [6.45, 7) is 7.22. The Hall–Kier alpha value is -2.38. The van der Waals surface area contributed by atoms with Crippen LogP contribution in [0.3, 0.4) is 0 Å². The molecule has 1 aliphatic rings. The van der Waals surface area contributed by atoms with E-state index >= 15 is 0 Å². The van der Waals surface area contributed by atoms with Crippen LogP contribution in [0.2, 0.25) is 0 Å². The summed E-state index contributed by atoms with van der Waals surface area (Å²) in [6, 6.07) is 2.41. The Bertz CT molecular complexity index is 767. The van der Waals surface area contributed by atoms with E-state index in [1.807, 2.05) is 20.0 Å². The van der Waals surface area contributed by atoms with Crippen molar-refractivity contribution in [3.63, 3.8) is 0 Å². The Morgan fingerprint density at radius 2 is 1.78 bits per heavy atom. The summed E-state index contributed by atoms with van der Waals surface area (Å²) in [5, 5.41) is 8.26. The lowest BCUT2D eigenvalue weighted by molar-refractivity contribution is 0.148. The van der Waals surface area contributed by atoms with Gasteiger partial charge in [0, 0.05) is 49.6 Å². The van der Waals surface area contributed by atoms with Gasteiger partial charge in [-0.05, 0) is 45.2 Å². The molecule has 0 amide bonds. The largest absolute Gasteiger partial charge is 0.355 e. The normalized spacial score (nSPS) is 15.4. The molecule has 146 valence electrons. The smallest absolute Gasteiger partial charge is 0.242 e. The summed E-state index contributed by atoms with van der Waals surface area (Å²) in [7, 11) is 2.05. The van der Waals surface area contributed by atoms with Crippen molar-refractivity contribution >= 4 is 11.8 Å². The summed E-state index contributed by atoms with van der Waals surface area (Å²) in [4.78, 5) is 13.3. The van der Waals surface area contributed by atoms with Crippen molar-refractivity contribution in [3.05, 3.63) is 34.8 Å². The summed E-state index contributed by atoms with van der Waals surface area (Å²) < 4.78 is 25.5. The molecule has 8 heteroatoms. The molecule has 0 unspecified atom stereocenters. The number of anilines is 2. The first-order valence-corrected chi connectivity index (χ1v) is 9.24. The number of hydrogen-bond acceptors (Lipinski definition) is 6. The maximum atomic E-state index is 12.7. The number of alkyl halides is 2. The second kappa shape index (κ2) is 8.10. The molecule has 2 aromatic heterocycles. The molecule has 6 nitrogen and oxygen atoms in total. The van der Waals surface area contributed by atoms with E-state index in [4.69, 9.17) is 0 Å². The first-order chi connectivity index (χ1) is 12.8. The Morgan fingerprint density at radius 1 is 1.15 bits per heavy atom. The Kier molecular flexibility index (Phi) is 5.82. The summed E-state index contributed by atoms with van der Waals surface area (Å²) in [5.74, 6) is 1.52. The molecule has 2 aromatic rings. The van der Waals surface area contributed by atoms with Crippen LogP contribution in [0.5, 0.6) is 0 Å². The van der Waals surface area contributed by atoms with Gasteiger partial charge in [-0.1, -0.05) is 0 Å². The molecule has 0 spiro atoms. The van der Waals surface area contributed by atoms with E-state index in [2.05, 4.69) is 30.0 Å². The van der Waals surface area contributed by atoms with Crippen LogP contribution in [0.4, 0.5) is 20.5 Å². The second-order valence-corrected chi connectivity index (χ2v) is 7.19. The average Bonchev–Trinajstić information content (AvgIpc) is 2.64. The quantitative estimate of drug-likeness (QED) is 0.799. The van der Waals surface area contributed by atoms with Crippen LogP contribution in [0, 0.1) is 20.8 Å². The highest BCUT2D eigenvalue weighted by Crippen LogP contribution is 2.24. The fourth-order valence-electron chi connectivity index (χ4n) is 3.57. The van der Waals surface area contributed by atoms with Crippen molar-refractivity contribution < 1.29 is 8.78 Å². The van der Waals surface area contributed by atoms with Crippen LogP contribution in [-0.4, -0.2) is 52.8 Å². The molecule has 0 N–H and O–H groups in total. The predicted octanol–water partition coefficient (Wildman–Crippen LogP) is 3.10. The third-order valence-electron chi connectivity index (χ3n) is 5.20. The maximum Gasteiger partial charge on any atom is 0.242 e. The minimum Gasteiger partial charge on any atom is -0.355 e. The lowest BCUT2D eigenvalue weighted by Crippen LogP contribution is -2.44. The van der Waals surface area contributed by atoms with Crippen LogP contribution in [0.15, 0.2) is 12.3 Å². The molecule has 0 radical (unpaired) electrons. The van der Waals surface area contributed by atoms with E-state index in [0.29, 0.717) is 28.9 Å². The number of halogens is 2. The molecule has 0 aromatic carbocycles. The van der Waals surface area contributed by atoms with Gasteiger partial charge < -0.3 is 9.80 Å². The molecule has 1 aliphatic heterocycles. The summed E-state index contributed by atoms with van der Waals surface area (Å²) >= 11 is 0. The lowest BCUT2D eigenvalue weighted by atomic mass is 10.0. The van der Waals surface area contributed by atoms with Crippen molar-refractivity contribution in [2.24, 2.45) is 0 Å². The number of aryl methyl sites for hydroxylation is 3. The van der Waals surface area contributed by atoms with Gasteiger partial charge in [-0.3, -0.25) is 0 Å². The highest BCUT2D eigenvalue weighted by Gasteiger charge is 2.26. The molecule has 0 bridgehead atoms. The molecule has 0 aliphatic carbocycles. The van der Waals surface area contributed by atoms with E-state index in [9.17, 15) is 8.78 Å². The van der Waals surface area contributed by atoms with Crippen molar-refractivity contribution in [2.45, 2.75) is 52.5 Å². The number of piperidine rings is 1. The number of rotatable bonds is 5. The van der Waals surface area contributed by atoms with Gasteiger partial charge in [-0.15, -0.1) is 5.10 Å². The Labute approximate surface area is 158 Å². The molecule has 27 heavy (non-hydrogen) atoms. The molecule has 1 saturated heterocycles. The van der Waals surface area contributed by atoms with Crippen molar-refractivity contribution in [1.82, 2.24) is 20.2 Å². The summed E-state index contributed by atoms with van der Waals surface area (Å²) in [5.41, 5.74) is 2.94. The van der Waals surface area contributed by atoms with Crippen molar-refractivity contribution in [3.8, 4) is 0 Å². The average molecular weight is 376 g/mol. The van der Waals surface area contributed by atoms with Gasteiger partial charge in [0.15, 0.2) is 5.82 Å². The third-order valence-corrected chi connectivity index (χ3v) is 5.20. The topological polar surface area (TPSA) is 58.0 Å². The van der Waals surface area contributed by atoms with Gasteiger partial charge in [-0.25, -0.2) is 18.7 Å². The molecular formula is C19H26F2N6. The zero-order valence-corrected chi connectivity index (χ0v) is 16.3. The second-order valence-electron chi connectivity index (χ2n) is 7.19. The number of hydrogen-bond donors (Lipinski definition) is 0. The monoisotopic (exact) mass is 376 g/mol. The minimum atomic E-state index is -2.38. The SMILES string of the molecule is Cc1cnnc(N(C)C2CCN(c3nc(C)c(CC(F)F)c(C)n3)CC2)c1. The molecule has 0 saturated carbocycles. The fourth-order valence-corrected chi connectivity index (χ4v) is 3.57. The Balaban J connectivity index is 1.67. The molecular weight excluding hydrogens is 350 g/mol. The number of nitrogens with zero attached hydrogens (tertiary/aromatic N) is 6. The van der Waals surface area contributed by atoms with Gasteiger partial charge in [0.05, 0.1) is 6.20 Å². The third kappa shape index (κ3) is 4.48. The van der Waals surface area contributed by atoms with E-state index in [-0.39, 0.29) is 6.42 Å². The van der Waals surface area contributed by atoms with Gasteiger partial charge in [0.25, 0.3) is 0 Å². The zero-order chi connectivity index (χ0) is 19.6. The molecule has 0 atom stereocenters. The highest BCUT2D eigenvalue weighted by molar-refractivity contribution is 5.41. The first kappa shape index (κ1) is 19.4. The van der Waals surface area contributed by atoms with Gasteiger partial charge in [-0.2, -0.15) is 5.10 Å². The van der Waals surface area contributed by atoms with Gasteiger partial charge in [0.1, 0.15) is 0 Å². The van der Waals surface area contributed by atoms with Crippen molar-refractivity contribution in [2.75, 3.05) is 29.9 Å². The van der Waals surface area contributed by atoms with Crippen molar-refractivity contribution in [1.29, 1.82) is 0 Å². The van der Waals surface area contributed by atoms with E-state index in [1.54, 1.807) is 20.0 Å². The predicted molar refractivity (Wildman–Crippen MR) is 102 cm³/mol. The molecule has 3 heterocycles. The van der Waals surface area contributed by atoms with E-state index in [0.717, 1.165) is 37.3 Å². The molecule has 1 fully saturated rings. The van der Waals surface area contributed by atoms with Crippen LogP contribution in [-0.2, 0) is 6.42 Å².